The van der Waals surface area contributed by atoms with Gasteiger partial charge in [0.2, 0.25) is 5.79 Å². The maximum atomic E-state index is 10.1. The highest BCUT2D eigenvalue weighted by Gasteiger charge is 2.51. The standard InChI is InChI=1S/C7H10Cl2O5/c1-6(4-8)12-7(5-9,14-13-6)11-3-2-10/h2H,3-5H2,1H3/t6-,7-/m0/s1. The Morgan fingerprint density at radius 2 is 2.07 bits per heavy atom. The Labute approximate surface area is 91.1 Å². The number of hydrogen-bond acceptors (Lipinski definition) is 5. The first-order chi connectivity index (χ1) is 6.60. The molecule has 82 valence electrons. The lowest BCUT2D eigenvalue weighted by molar-refractivity contribution is -0.404. The predicted molar refractivity (Wildman–Crippen MR) is 47.8 cm³/mol. The molecule has 0 aromatic rings. The Balaban J connectivity index is 2.60. The molecule has 14 heavy (non-hydrogen) atoms. The molecule has 0 spiro atoms. The van der Waals surface area contributed by atoms with E-state index in [1.54, 1.807) is 6.92 Å². The molecule has 1 saturated heterocycles. The van der Waals surface area contributed by atoms with Gasteiger partial charge in [0, 0.05) is 0 Å². The zero-order chi connectivity index (χ0) is 10.7. The maximum Gasteiger partial charge on any atom is 0.329 e. The van der Waals surface area contributed by atoms with E-state index < -0.39 is 11.8 Å². The van der Waals surface area contributed by atoms with Crippen LogP contribution in [0.4, 0.5) is 0 Å². The number of rotatable bonds is 5. The molecule has 0 saturated carbocycles. The van der Waals surface area contributed by atoms with Crippen molar-refractivity contribution in [3.8, 4) is 0 Å². The highest BCUT2D eigenvalue weighted by molar-refractivity contribution is 6.18. The van der Waals surface area contributed by atoms with Gasteiger partial charge in [-0.25, -0.2) is 0 Å². The second kappa shape index (κ2) is 4.74. The summed E-state index contributed by atoms with van der Waals surface area (Å²) in [6, 6.07) is 0. The van der Waals surface area contributed by atoms with E-state index in [1.165, 1.54) is 0 Å². The largest absolute Gasteiger partial charge is 0.329 e. The summed E-state index contributed by atoms with van der Waals surface area (Å²) >= 11 is 11.1. The molecule has 7 heteroatoms. The average Bonchev–Trinajstić information content (AvgIpc) is 2.55. The van der Waals surface area contributed by atoms with Crippen LogP contribution in [-0.4, -0.2) is 36.4 Å². The zero-order valence-electron chi connectivity index (χ0n) is 7.50. The normalized spacial score (nSPS) is 37.4. The first-order valence-corrected chi connectivity index (χ1v) is 4.93. The Kier molecular flexibility index (Phi) is 4.12. The molecule has 1 aliphatic rings. The van der Waals surface area contributed by atoms with Gasteiger partial charge >= 0.3 is 5.97 Å². The molecule has 1 aliphatic heterocycles. The van der Waals surface area contributed by atoms with Crippen molar-refractivity contribution in [2.24, 2.45) is 0 Å². The van der Waals surface area contributed by atoms with Crippen LogP contribution >= 0.6 is 23.2 Å². The van der Waals surface area contributed by atoms with Crippen LogP contribution in [0.5, 0.6) is 0 Å². The van der Waals surface area contributed by atoms with Gasteiger partial charge in [0.1, 0.15) is 18.8 Å². The Bertz CT molecular complexity index is 214. The number of hydrogen-bond donors (Lipinski definition) is 0. The third-order valence-corrected chi connectivity index (χ3v) is 2.31. The molecule has 0 aliphatic carbocycles. The van der Waals surface area contributed by atoms with Gasteiger partial charge in [-0.3, -0.25) is 4.74 Å². The topological polar surface area (TPSA) is 54.0 Å². The third kappa shape index (κ3) is 2.56. The van der Waals surface area contributed by atoms with Gasteiger partial charge in [-0.05, 0) is 6.92 Å². The fourth-order valence-corrected chi connectivity index (χ4v) is 1.14. The van der Waals surface area contributed by atoms with Gasteiger partial charge < -0.3 is 9.53 Å². The lowest BCUT2D eigenvalue weighted by Gasteiger charge is -2.23. The summed E-state index contributed by atoms with van der Waals surface area (Å²) in [5.41, 5.74) is 0. The van der Waals surface area contributed by atoms with Gasteiger partial charge in [-0.2, -0.15) is 9.78 Å². The molecule has 0 unspecified atom stereocenters. The van der Waals surface area contributed by atoms with Crippen molar-refractivity contribution in [1.82, 2.24) is 0 Å². The molecule has 1 heterocycles. The summed E-state index contributed by atoms with van der Waals surface area (Å²) in [4.78, 5) is 19.7. The van der Waals surface area contributed by atoms with Crippen molar-refractivity contribution in [3.63, 3.8) is 0 Å². The number of ether oxygens (including phenoxy) is 2. The number of aldehydes is 1. The minimum absolute atomic E-state index is 0.0517. The van der Waals surface area contributed by atoms with E-state index in [0.29, 0.717) is 6.29 Å². The molecule has 1 rings (SSSR count). The highest BCUT2D eigenvalue weighted by atomic mass is 35.5. The first-order valence-electron chi connectivity index (χ1n) is 3.86. The fourth-order valence-electron chi connectivity index (χ4n) is 0.867. The number of halogens is 2. The van der Waals surface area contributed by atoms with Crippen LogP contribution in [0.1, 0.15) is 6.92 Å². The molecule has 0 aromatic heterocycles. The summed E-state index contributed by atoms with van der Waals surface area (Å²) in [5, 5.41) is 0. The van der Waals surface area contributed by atoms with E-state index in [-0.39, 0.29) is 18.4 Å². The quantitative estimate of drug-likeness (QED) is 0.411. The zero-order valence-corrected chi connectivity index (χ0v) is 9.01. The Morgan fingerprint density at radius 1 is 1.36 bits per heavy atom. The molecule has 1 fully saturated rings. The van der Waals surface area contributed by atoms with E-state index in [4.69, 9.17) is 42.5 Å². The predicted octanol–water partition coefficient (Wildman–Crippen LogP) is 1.03. The number of carbonyl (C=O) groups excluding carboxylic acids is 1. The minimum atomic E-state index is -1.55. The van der Waals surface area contributed by atoms with E-state index in [9.17, 15) is 4.79 Å². The summed E-state index contributed by atoms with van der Waals surface area (Å²) in [7, 11) is 0. The van der Waals surface area contributed by atoms with Crippen LogP contribution < -0.4 is 0 Å². The molecule has 2 atom stereocenters. The molecule has 0 bridgehead atoms. The third-order valence-electron chi connectivity index (χ3n) is 1.49. The summed E-state index contributed by atoms with van der Waals surface area (Å²) in [6.45, 7) is 1.37. The van der Waals surface area contributed by atoms with Crippen molar-refractivity contribution < 1.29 is 24.0 Å². The van der Waals surface area contributed by atoms with E-state index in [0.717, 1.165) is 0 Å². The van der Waals surface area contributed by atoms with Gasteiger partial charge in [0.15, 0.2) is 0 Å². The van der Waals surface area contributed by atoms with Gasteiger partial charge in [-0.15, -0.1) is 23.2 Å². The minimum Gasteiger partial charge on any atom is -0.317 e. The van der Waals surface area contributed by atoms with Crippen molar-refractivity contribution in [3.05, 3.63) is 0 Å². The van der Waals surface area contributed by atoms with Gasteiger partial charge in [0.05, 0.1) is 5.88 Å². The van der Waals surface area contributed by atoms with Gasteiger partial charge in [0.25, 0.3) is 0 Å². The smallest absolute Gasteiger partial charge is 0.317 e. The number of alkyl halides is 2. The van der Waals surface area contributed by atoms with Crippen LogP contribution in [0.15, 0.2) is 0 Å². The lowest BCUT2D eigenvalue weighted by atomic mass is 10.4. The second-order valence-corrected chi connectivity index (χ2v) is 3.37. The molecule has 0 amide bonds. The number of carbonyl (C=O) groups is 1. The van der Waals surface area contributed by atoms with Crippen LogP contribution in [0.25, 0.3) is 0 Å². The maximum absolute atomic E-state index is 10.1. The molecule has 0 radical (unpaired) electrons. The first kappa shape index (κ1) is 12.2. The Hall–Kier alpha value is 0.0900. The van der Waals surface area contributed by atoms with Crippen LogP contribution in [0, 0.1) is 0 Å². The van der Waals surface area contributed by atoms with E-state index in [2.05, 4.69) is 0 Å². The fraction of sp³-hybridized carbons (Fsp3) is 0.857. The van der Waals surface area contributed by atoms with Gasteiger partial charge in [-0.1, -0.05) is 0 Å². The second-order valence-electron chi connectivity index (χ2n) is 2.83. The van der Waals surface area contributed by atoms with Crippen molar-refractivity contribution in [1.29, 1.82) is 0 Å². The summed E-state index contributed by atoms with van der Waals surface area (Å²) in [5.74, 6) is -2.74. The highest BCUT2D eigenvalue weighted by Crippen LogP contribution is 2.35. The lowest BCUT2D eigenvalue weighted by Crippen LogP contribution is -2.40. The van der Waals surface area contributed by atoms with Crippen molar-refractivity contribution in [2.45, 2.75) is 18.7 Å². The van der Waals surface area contributed by atoms with Crippen molar-refractivity contribution >= 4 is 29.5 Å². The molecular weight excluding hydrogens is 235 g/mol. The SMILES string of the molecule is C[C@@]1(CCl)OO[C@@](CCl)(OCC=O)O1. The van der Waals surface area contributed by atoms with E-state index in [1.807, 2.05) is 0 Å². The van der Waals surface area contributed by atoms with Crippen LogP contribution in [0.2, 0.25) is 0 Å². The van der Waals surface area contributed by atoms with E-state index >= 15 is 0 Å². The van der Waals surface area contributed by atoms with Crippen molar-refractivity contribution in [2.75, 3.05) is 18.4 Å². The Morgan fingerprint density at radius 3 is 2.50 bits per heavy atom. The van der Waals surface area contributed by atoms with Crippen LogP contribution in [0.3, 0.4) is 0 Å². The summed E-state index contributed by atoms with van der Waals surface area (Å²) < 4.78 is 10.2. The summed E-state index contributed by atoms with van der Waals surface area (Å²) in [6.07, 6.45) is 0.553. The molecule has 0 N–H and O–H groups in total. The molecule has 5 nitrogen and oxygen atoms in total. The monoisotopic (exact) mass is 244 g/mol. The molecular formula is C7H10Cl2O5. The van der Waals surface area contributed by atoms with Crippen LogP contribution in [-0.2, 0) is 24.0 Å². The molecule has 0 aromatic carbocycles. The average molecular weight is 245 g/mol.